The maximum absolute atomic E-state index is 9.57. The average molecular weight is 644 g/mol. The molecule has 0 amide bonds. The summed E-state index contributed by atoms with van der Waals surface area (Å²) in [6.07, 6.45) is 0. The molecule has 0 heteroatoms. The van der Waals surface area contributed by atoms with Crippen molar-refractivity contribution in [3.63, 3.8) is 0 Å². The quantitative estimate of drug-likeness (QED) is 0.167. The van der Waals surface area contributed by atoms with Gasteiger partial charge in [0.25, 0.3) is 0 Å². The van der Waals surface area contributed by atoms with Crippen LogP contribution in [0, 0.1) is 0 Å². The van der Waals surface area contributed by atoms with E-state index in [4.69, 9.17) is 9.60 Å². The van der Waals surface area contributed by atoms with E-state index in [1.165, 1.54) is 0 Å². The van der Waals surface area contributed by atoms with Gasteiger partial charge in [0, 0.05) is 0 Å². The summed E-state index contributed by atoms with van der Waals surface area (Å²) >= 11 is 0. The normalized spacial score (nSPS) is 15.6. The highest BCUT2D eigenvalue weighted by Crippen LogP contribution is 2.42. The highest BCUT2D eigenvalue weighted by molar-refractivity contribution is 6.26. The van der Waals surface area contributed by atoms with Gasteiger partial charge in [0.15, 0.2) is 0 Å². The van der Waals surface area contributed by atoms with Crippen LogP contribution in [-0.4, -0.2) is 0 Å². The zero-order valence-corrected chi connectivity index (χ0v) is 26.3. The smallest absolute Gasteiger partial charge is 0.0610 e. The lowest BCUT2D eigenvalue weighted by Crippen LogP contribution is -1.88. The minimum Gasteiger partial charge on any atom is -0.0610 e. The molecule has 0 aliphatic carbocycles. The highest BCUT2D eigenvalue weighted by atomic mass is 14.2. The summed E-state index contributed by atoms with van der Waals surface area (Å²) in [7, 11) is 0. The van der Waals surface area contributed by atoms with E-state index < -0.39 is 89.2 Å². The van der Waals surface area contributed by atoms with Crippen molar-refractivity contribution in [1.82, 2.24) is 0 Å². The van der Waals surface area contributed by atoms with Crippen molar-refractivity contribution in [3.05, 3.63) is 182 Å². The Morgan fingerprint density at radius 2 is 0.680 bits per heavy atom. The zero-order valence-electron chi connectivity index (χ0n) is 39.3. The molecule has 11 aromatic carbocycles. The summed E-state index contributed by atoms with van der Waals surface area (Å²) < 4.78 is 120. The minimum atomic E-state index is -0.711. The van der Waals surface area contributed by atoms with Crippen LogP contribution in [0.2, 0.25) is 0 Å². The van der Waals surface area contributed by atoms with Gasteiger partial charge in [0.1, 0.15) is 0 Å². The fourth-order valence-electron chi connectivity index (χ4n) is 7.57. The molecule has 0 bridgehead atoms. The third-order valence-electron chi connectivity index (χ3n) is 9.87. The molecule has 0 saturated carbocycles. The van der Waals surface area contributed by atoms with Crippen molar-refractivity contribution in [2.24, 2.45) is 0 Å². The molecule has 0 spiro atoms. The molecule has 0 radical (unpaired) electrons. The van der Waals surface area contributed by atoms with Gasteiger partial charge in [-0.15, -0.1) is 0 Å². The third-order valence-corrected chi connectivity index (χ3v) is 9.87. The molecule has 0 aromatic heterocycles. The molecular formula is C50H30. The second-order valence-electron chi connectivity index (χ2n) is 12.6. The van der Waals surface area contributed by atoms with Gasteiger partial charge in [-0.3, -0.25) is 0 Å². The minimum absolute atomic E-state index is 0.0108. The van der Waals surface area contributed by atoms with Crippen LogP contribution in [0.25, 0.3) is 109 Å². The van der Waals surface area contributed by atoms with Gasteiger partial charge in [-0.25, -0.2) is 0 Å². The Hall–Kier alpha value is -6.50. The summed E-state index contributed by atoms with van der Waals surface area (Å²) in [6, 6.07) is 25.3. The second kappa shape index (κ2) is 10.5. The van der Waals surface area contributed by atoms with Gasteiger partial charge in [0.05, 0.1) is 17.8 Å². The van der Waals surface area contributed by atoms with Gasteiger partial charge in [-0.2, -0.15) is 0 Å². The Balaban J connectivity index is 1.15. The molecule has 0 fully saturated rings. The number of rotatable bonds is 4. The van der Waals surface area contributed by atoms with Gasteiger partial charge in [-0.05, 0) is 121 Å². The first-order valence-electron chi connectivity index (χ1n) is 22.9. The molecule has 0 aliphatic rings. The molecule has 0 atom stereocenters. The Morgan fingerprint density at radius 1 is 0.280 bits per heavy atom. The Labute approximate surface area is 308 Å². The molecule has 50 heavy (non-hydrogen) atoms. The molecule has 230 valence electrons. The van der Waals surface area contributed by atoms with E-state index >= 15 is 0 Å². The van der Waals surface area contributed by atoms with E-state index in [1.54, 1.807) is 24.3 Å². The van der Waals surface area contributed by atoms with Gasteiger partial charge in [-0.1, -0.05) is 170 Å². The predicted octanol–water partition coefficient (Wildman–Crippen LogP) is 14.1. The molecule has 0 nitrogen and oxygen atoms in total. The van der Waals surface area contributed by atoms with Crippen LogP contribution in [0.5, 0.6) is 0 Å². The van der Waals surface area contributed by atoms with E-state index in [1.807, 2.05) is 78.9 Å². The molecule has 11 rings (SSSR count). The first kappa shape index (κ1) is 17.8. The van der Waals surface area contributed by atoms with Crippen molar-refractivity contribution in [2.45, 2.75) is 0 Å². The lowest BCUT2D eigenvalue weighted by Gasteiger charge is -2.15. The molecular weight excluding hydrogens is 601 g/mol. The van der Waals surface area contributed by atoms with Gasteiger partial charge < -0.3 is 0 Å². The Kier molecular flexibility index (Phi) is 3.73. The number of hydrogen-bond acceptors (Lipinski definition) is 0. The van der Waals surface area contributed by atoms with Crippen LogP contribution in [0.4, 0.5) is 0 Å². The Bertz CT molecular complexity index is 3790. The van der Waals surface area contributed by atoms with Crippen molar-refractivity contribution in [3.8, 4) is 44.5 Å². The lowest BCUT2D eigenvalue weighted by atomic mass is 9.89. The molecule has 0 saturated heterocycles. The Morgan fingerprint density at radius 3 is 1.22 bits per heavy atom. The number of hydrogen-bond donors (Lipinski definition) is 0. The maximum Gasteiger partial charge on any atom is 0.0636 e. The average Bonchev–Trinajstić information content (AvgIpc) is 3.28. The summed E-state index contributed by atoms with van der Waals surface area (Å²) in [5, 5.41) is 10.1. The topological polar surface area (TPSA) is 0 Å². The first-order valence-corrected chi connectivity index (χ1v) is 16.4. The molecule has 0 N–H and O–H groups in total. The highest BCUT2D eigenvalue weighted by Gasteiger charge is 2.14. The molecule has 0 unspecified atom stereocenters. The van der Waals surface area contributed by atoms with E-state index in [9.17, 15) is 8.22 Å². The monoisotopic (exact) mass is 643 g/mol. The predicted molar refractivity (Wildman–Crippen MR) is 216 cm³/mol. The SMILES string of the molecule is [2H]c1c([2H])c(-c2c([2H])c([2H])c(-c3c([2H])c([2H])c([2H])c(-c4ccc5ccc6cccc7cc([2H])c4c5c67)c3[2H])c([2H])c2[2H])c([2H])c(-c2ccc3ccc4cccc5ccc2c3c45)c1[2H]. The van der Waals surface area contributed by atoms with Crippen molar-refractivity contribution in [2.75, 3.05) is 0 Å². The summed E-state index contributed by atoms with van der Waals surface area (Å²) in [6.45, 7) is 0. The lowest BCUT2D eigenvalue weighted by molar-refractivity contribution is 1.58. The summed E-state index contributed by atoms with van der Waals surface area (Å²) in [5.41, 5.74) is -1.13. The van der Waals surface area contributed by atoms with Gasteiger partial charge >= 0.3 is 0 Å². The second-order valence-corrected chi connectivity index (χ2v) is 12.6. The fraction of sp³-hybridized carbons (Fsp3) is 0. The van der Waals surface area contributed by atoms with Gasteiger partial charge in [0.2, 0.25) is 0 Å². The molecule has 11 aromatic rings. The van der Waals surface area contributed by atoms with Crippen LogP contribution in [0.1, 0.15) is 17.8 Å². The van der Waals surface area contributed by atoms with Crippen LogP contribution in [0.3, 0.4) is 0 Å². The van der Waals surface area contributed by atoms with E-state index in [-0.39, 0.29) is 28.3 Å². The van der Waals surface area contributed by atoms with E-state index in [0.29, 0.717) is 16.3 Å². The first-order chi connectivity index (χ1) is 30.2. The maximum atomic E-state index is 9.57. The number of benzene rings is 11. The van der Waals surface area contributed by atoms with Crippen molar-refractivity contribution >= 4 is 64.6 Å². The van der Waals surface area contributed by atoms with Crippen LogP contribution in [-0.2, 0) is 0 Å². The standard InChI is InChI=1S/C50H30/c1-5-33-17-19-37-21-25-43(45-27-23-35(7-1)47(33)49(37)45)41-11-3-9-39(29-41)31-13-15-32(16-14-31)40-10-4-12-42(30-40)44-26-22-38-20-18-34-6-2-8-36-24-28-46(44)50(38)48(34)36/h1-30H/i3D,4D,9D,10D,11D,12D,13D,14D,15D,16D,27D,29D,30D. The molecule has 0 heterocycles. The summed E-state index contributed by atoms with van der Waals surface area (Å²) in [4.78, 5) is 0. The fourth-order valence-corrected chi connectivity index (χ4v) is 7.57. The van der Waals surface area contributed by atoms with Crippen molar-refractivity contribution < 1.29 is 17.8 Å². The largest absolute Gasteiger partial charge is 0.0636 e. The van der Waals surface area contributed by atoms with Crippen molar-refractivity contribution in [1.29, 1.82) is 0 Å². The van der Waals surface area contributed by atoms with Crippen LogP contribution in [0.15, 0.2) is 182 Å². The van der Waals surface area contributed by atoms with E-state index in [2.05, 4.69) is 0 Å². The van der Waals surface area contributed by atoms with E-state index in [0.717, 1.165) is 53.9 Å². The zero-order chi connectivity index (χ0) is 44.1. The van der Waals surface area contributed by atoms with Crippen LogP contribution >= 0.6 is 0 Å². The summed E-state index contributed by atoms with van der Waals surface area (Å²) in [5.74, 6) is 0. The van der Waals surface area contributed by atoms with Crippen LogP contribution < -0.4 is 0 Å². The molecule has 0 aliphatic heterocycles. The third kappa shape index (κ3) is 4.06.